The molecule has 1 aromatic heterocycles. The van der Waals surface area contributed by atoms with Crippen LogP contribution in [0.2, 0.25) is 5.02 Å². The highest BCUT2D eigenvalue weighted by Gasteiger charge is 2.04. The smallest absolute Gasteiger partial charge is 0.266 e. The number of rotatable bonds is 5. The van der Waals surface area contributed by atoms with Crippen LogP contribution < -0.4 is 11.3 Å². The highest BCUT2D eigenvalue weighted by molar-refractivity contribution is 7.97. The molecule has 1 amide bonds. The maximum atomic E-state index is 11.3. The number of halogens is 1. The molecule has 3 N–H and O–H groups in total. The van der Waals surface area contributed by atoms with Gasteiger partial charge in [-0.15, -0.1) is 0 Å². The Bertz CT molecular complexity index is 589. The summed E-state index contributed by atoms with van der Waals surface area (Å²) >= 11 is 7.81. The number of hydrogen-bond acceptors (Lipinski definition) is 4. The second kappa shape index (κ2) is 7.28. The van der Waals surface area contributed by atoms with Gasteiger partial charge in [-0.25, -0.2) is 5.84 Å². The summed E-state index contributed by atoms with van der Waals surface area (Å²) in [6.45, 7) is 0. The van der Waals surface area contributed by atoms with Crippen molar-refractivity contribution in [1.29, 1.82) is 0 Å². The summed E-state index contributed by atoms with van der Waals surface area (Å²) in [5, 5.41) is 0.780. The molecule has 0 unspecified atom stereocenters. The van der Waals surface area contributed by atoms with E-state index in [0.29, 0.717) is 5.56 Å². The Kier molecular flexibility index (Phi) is 5.40. The molecule has 0 aliphatic carbocycles. The minimum Gasteiger partial charge on any atom is -0.290 e. The molecule has 104 valence electrons. The number of carbonyl (C=O) groups is 1. The first-order valence-corrected chi connectivity index (χ1v) is 7.51. The molecular formula is C14H14ClN3OS. The van der Waals surface area contributed by atoms with Gasteiger partial charge in [0.15, 0.2) is 0 Å². The molecule has 4 nitrogen and oxygen atoms in total. The predicted octanol–water partition coefficient (Wildman–Crippen LogP) is 2.77. The molecule has 0 atom stereocenters. The third-order valence-corrected chi connectivity index (χ3v) is 4.07. The van der Waals surface area contributed by atoms with E-state index in [1.54, 1.807) is 17.8 Å². The number of benzene rings is 1. The topological polar surface area (TPSA) is 68.0 Å². The van der Waals surface area contributed by atoms with Crippen molar-refractivity contribution in [3.63, 3.8) is 0 Å². The quantitative estimate of drug-likeness (QED) is 0.506. The number of nitrogens with two attached hydrogens (primary N) is 1. The number of carbonyl (C=O) groups excluding carboxylic acids is 1. The highest BCUT2D eigenvalue weighted by atomic mass is 35.5. The molecule has 0 aliphatic rings. The zero-order valence-electron chi connectivity index (χ0n) is 10.7. The van der Waals surface area contributed by atoms with Gasteiger partial charge in [-0.05, 0) is 23.8 Å². The van der Waals surface area contributed by atoms with Crippen LogP contribution in [0.3, 0.4) is 0 Å². The minimum atomic E-state index is -0.340. The Labute approximate surface area is 126 Å². The summed E-state index contributed by atoms with van der Waals surface area (Å²) in [6, 6.07) is 11.3. The van der Waals surface area contributed by atoms with Gasteiger partial charge in [0.1, 0.15) is 0 Å². The van der Waals surface area contributed by atoms with Crippen LogP contribution in [-0.2, 0) is 11.5 Å². The fraction of sp³-hybridized carbons (Fsp3) is 0.143. The highest BCUT2D eigenvalue weighted by Crippen LogP contribution is 2.22. The van der Waals surface area contributed by atoms with Crippen molar-refractivity contribution < 1.29 is 4.79 Å². The monoisotopic (exact) mass is 307 g/mol. The lowest BCUT2D eigenvalue weighted by Crippen LogP contribution is -2.30. The van der Waals surface area contributed by atoms with E-state index in [2.05, 4.69) is 10.4 Å². The lowest BCUT2D eigenvalue weighted by molar-refractivity contribution is 0.0953. The second-order valence-corrected chi connectivity index (χ2v) is 5.49. The van der Waals surface area contributed by atoms with Gasteiger partial charge in [0.25, 0.3) is 5.91 Å². The third kappa shape index (κ3) is 3.96. The Morgan fingerprint density at radius 3 is 2.70 bits per heavy atom. The summed E-state index contributed by atoms with van der Waals surface area (Å²) in [6.07, 6.45) is 1.52. The molecule has 2 rings (SSSR count). The predicted molar refractivity (Wildman–Crippen MR) is 82.3 cm³/mol. The number of aromatic nitrogens is 1. The van der Waals surface area contributed by atoms with Crippen molar-refractivity contribution in [2.24, 2.45) is 5.84 Å². The van der Waals surface area contributed by atoms with Crippen LogP contribution >= 0.6 is 23.4 Å². The standard InChI is InChI=1S/C14H14ClN3OS/c15-13-4-2-1-3-11(13)8-20-9-12-6-5-10(7-17-12)14(19)18-16/h1-7H,8-9,16H2,(H,18,19). The number of pyridine rings is 1. The van der Waals surface area contributed by atoms with Crippen molar-refractivity contribution in [1.82, 2.24) is 10.4 Å². The van der Waals surface area contributed by atoms with E-state index in [0.717, 1.165) is 27.8 Å². The van der Waals surface area contributed by atoms with Crippen molar-refractivity contribution in [3.05, 3.63) is 64.4 Å². The van der Waals surface area contributed by atoms with E-state index in [9.17, 15) is 4.79 Å². The van der Waals surface area contributed by atoms with E-state index in [1.165, 1.54) is 6.20 Å². The number of nitrogens with one attached hydrogen (secondary N) is 1. The molecular weight excluding hydrogens is 294 g/mol. The average molecular weight is 308 g/mol. The van der Waals surface area contributed by atoms with Gasteiger partial charge >= 0.3 is 0 Å². The average Bonchev–Trinajstić information content (AvgIpc) is 2.49. The fourth-order valence-electron chi connectivity index (χ4n) is 1.61. The van der Waals surface area contributed by atoms with Crippen LogP contribution in [0.4, 0.5) is 0 Å². The number of nitrogens with zero attached hydrogens (tertiary/aromatic N) is 1. The van der Waals surface area contributed by atoms with Crippen molar-refractivity contribution >= 4 is 29.3 Å². The Hall–Kier alpha value is -1.56. The Balaban J connectivity index is 1.88. The van der Waals surface area contributed by atoms with Crippen LogP contribution in [-0.4, -0.2) is 10.9 Å². The van der Waals surface area contributed by atoms with Gasteiger partial charge in [-0.2, -0.15) is 11.8 Å². The van der Waals surface area contributed by atoms with E-state index < -0.39 is 0 Å². The van der Waals surface area contributed by atoms with Gasteiger partial charge < -0.3 is 0 Å². The van der Waals surface area contributed by atoms with Gasteiger partial charge in [-0.1, -0.05) is 29.8 Å². The fourth-order valence-corrected chi connectivity index (χ4v) is 2.84. The van der Waals surface area contributed by atoms with Crippen LogP contribution in [0, 0.1) is 0 Å². The normalized spacial score (nSPS) is 10.3. The van der Waals surface area contributed by atoms with Crippen LogP contribution in [0.15, 0.2) is 42.6 Å². The number of hydrogen-bond donors (Lipinski definition) is 2. The molecule has 20 heavy (non-hydrogen) atoms. The first-order chi connectivity index (χ1) is 9.70. The molecule has 0 spiro atoms. The number of nitrogen functional groups attached to an aromatic ring is 1. The van der Waals surface area contributed by atoms with Crippen molar-refractivity contribution in [3.8, 4) is 0 Å². The van der Waals surface area contributed by atoms with Crippen LogP contribution in [0.25, 0.3) is 0 Å². The molecule has 1 heterocycles. The summed E-state index contributed by atoms with van der Waals surface area (Å²) in [5.41, 5.74) is 4.55. The number of hydrazine groups is 1. The van der Waals surface area contributed by atoms with Crippen LogP contribution in [0.5, 0.6) is 0 Å². The summed E-state index contributed by atoms with van der Waals surface area (Å²) in [4.78, 5) is 15.5. The van der Waals surface area contributed by atoms with E-state index in [-0.39, 0.29) is 5.91 Å². The maximum absolute atomic E-state index is 11.3. The lowest BCUT2D eigenvalue weighted by atomic mass is 10.2. The summed E-state index contributed by atoms with van der Waals surface area (Å²) in [7, 11) is 0. The molecule has 0 radical (unpaired) electrons. The van der Waals surface area contributed by atoms with Gasteiger partial charge in [0.2, 0.25) is 0 Å². The van der Waals surface area contributed by atoms with Crippen LogP contribution in [0.1, 0.15) is 21.6 Å². The van der Waals surface area contributed by atoms with Crippen molar-refractivity contribution in [2.45, 2.75) is 11.5 Å². The molecule has 2 aromatic rings. The van der Waals surface area contributed by atoms with Crippen molar-refractivity contribution in [2.75, 3.05) is 0 Å². The SMILES string of the molecule is NNC(=O)c1ccc(CSCc2ccccc2Cl)nc1. The van der Waals surface area contributed by atoms with E-state index in [4.69, 9.17) is 17.4 Å². The van der Waals surface area contributed by atoms with E-state index in [1.807, 2.05) is 30.3 Å². The maximum Gasteiger partial charge on any atom is 0.266 e. The lowest BCUT2D eigenvalue weighted by Gasteiger charge is -2.04. The zero-order valence-corrected chi connectivity index (χ0v) is 12.2. The second-order valence-electron chi connectivity index (χ2n) is 4.10. The molecule has 0 bridgehead atoms. The minimum absolute atomic E-state index is 0.340. The molecule has 6 heteroatoms. The van der Waals surface area contributed by atoms with Gasteiger partial charge in [0, 0.05) is 22.7 Å². The molecule has 0 fully saturated rings. The number of thioether (sulfide) groups is 1. The number of amides is 1. The molecule has 0 saturated carbocycles. The first kappa shape index (κ1) is 14.8. The molecule has 1 aromatic carbocycles. The third-order valence-electron chi connectivity index (χ3n) is 2.68. The summed E-state index contributed by atoms with van der Waals surface area (Å²) in [5.74, 6) is 6.30. The summed E-state index contributed by atoms with van der Waals surface area (Å²) < 4.78 is 0. The molecule has 0 saturated heterocycles. The first-order valence-electron chi connectivity index (χ1n) is 5.97. The molecule has 0 aliphatic heterocycles. The Morgan fingerprint density at radius 1 is 1.25 bits per heavy atom. The largest absolute Gasteiger partial charge is 0.290 e. The van der Waals surface area contributed by atoms with Gasteiger partial charge in [-0.3, -0.25) is 15.2 Å². The van der Waals surface area contributed by atoms with E-state index >= 15 is 0 Å². The zero-order chi connectivity index (χ0) is 14.4. The van der Waals surface area contributed by atoms with Gasteiger partial charge in [0.05, 0.1) is 11.3 Å². The Morgan fingerprint density at radius 2 is 2.05 bits per heavy atom.